The van der Waals surface area contributed by atoms with Crippen molar-refractivity contribution in [1.29, 1.82) is 0 Å². The zero-order chi connectivity index (χ0) is 9.36. The fourth-order valence-electron chi connectivity index (χ4n) is 1.02. The largest absolute Gasteiger partial charge is 0.312 e. The van der Waals surface area contributed by atoms with Gasteiger partial charge in [-0.25, -0.2) is 0 Å². The van der Waals surface area contributed by atoms with E-state index < -0.39 is 0 Å². The van der Waals surface area contributed by atoms with Gasteiger partial charge in [-0.15, -0.1) is 23.7 Å². The van der Waals surface area contributed by atoms with Gasteiger partial charge in [0.05, 0.1) is 5.51 Å². The molecule has 0 aliphatic heterocycles. The van der Waals surface area contributed by atoms with Crippen LogP contribution < -0.4 is 5.32 Å². The van der Waals surface area contributed by atoms with E-state index in [1.165, 1.54) is 4.88 Å². The van der Waals surface area contributed by atoms with Crippen LogP contribution in [0.1, 0.15) is 24.1 Å². The Hall–Kier alpha value is -0.850. The van der Waals surface area contributed by atoms with Crippen molar-refractivity contribution in [2.75, 3.05) is 6.54 Å². The van der Waals surface area contributed by atoms with Crippen molar-refractivity contribution < 1.29 is 0 Å². The summed E-state index contributed by atoms with van der Waals surface area (Å²) >= 11 is 1.69. The molecule has 0 saturated carbocycles. The second-order valence-corrected chi connectivity index (χ2v) is 3.78. The van der Waals surface area contributed by atoms with Gasteiger partial charge in [0, 0.05) is 24.0 Å². The first-order valence-corrected chi connectivity index (χ1v) is 5.33. The van der Waals surface area contributed by atoms with E-state index in [-0.39, 0.29) is 0 Å². The molecule has 1 aromatic rings. The lowest BCUT2D eigenvalue weighted by Gasteiger charge is -2.00. The van der Waals surface area contributed by atoms with Crippen LogP contribution in [0.15, 0.2) is 11.7 Å². The van der Waals surface area contributed by atoms with E-state index >= 15 is 0 Å². The Kier molecular flexibility index (Phi) is 5.23. The van der Waals surface area contributed by atoms with Gasteiger partial charge >= 0.3 is 0 Å². The summed E-state index contributed by atoms with van der Waals surface area (Å²) < 4.78 is 0. The molecular weight excluding hydrogens is 180 g/mol. The first kappa shape index (κ1) is 10.2. The summed E-state index contributed by atoms with van der Waals surface area (Å²) in [5, 5.41) is 3.35. The van der Waals surface area contributed by atoms with Crippen LogP contribution in [-0.2, 0) is 6.54 Å². The molecule has 0 spiro atoms. The van der Waals surface area contributed by atoms with Gasteiger partial charge < -0.3 is 5.32 Å². The van der Waals surface area contributed by atoms with Crippen molar-refractivity contribution >= 4 is 11.3 Å². The molecule has 0 aromatic carbocycles. The van der Waals surface area contributed by atoms with Gasteiger partial charge in [0.25, 0.3) is 0 Å². The fraction of sp³-hybridized carbons (Fsp3) is 0.500. The Labute approximate surface area is 83.4 Å². The second kappa shape index (κ2) is 6.64. The summed E-state index contributed by atoms with van der Waals surface area (Å²) in [4.78, 5) is 5.29. The molecule has 0 saturated heterocycles. The zero-order valence-corrected chi connectivity index (χ0v) is 8.44. The highest BCUT2D eigenvalue weighted by molar-refractivity contribution is 7.09. The predicted molar refractivity (Wildman–Crippen MR) is 56.5 cm³/mol. The van der Waals surface area contributed by atoms with Gasteiger partial charge in [0.1, 0.15) is 0 Å². The number of nitrogens with zero attached hydrogens (tertiary/aromatic N) is 1. The monoisotopic (exact) mass is 194 g/mol. The number of rotatable bonds is 6. The Morgan fingerprint density at radius 3 is 3.15 bits per heavy atom. The van der Waals surface area contributed by atoms with Gasteiger partial charge in [-0.1, -0.05) is 0 Å². The molecule has 1 rings (SSSR count). The first-order chi connectivity index (χ1) is 6.43. The molecule has 0 fully saturated rings. The lowest BCUT2D eigenvalue weighted by molar-refractivity contribution is 0.633. The van der Waals surface area contributed by atoms with Crippen LogP contribution in [0.2, 0.25) is 0 Å². The molecule has 3 heteroatoms. The van der Waals surface area contributed by atoms with Gasteiger partial charge in [-0.05, 0) is 19.4 Å². The minimum absolute atomic E-state index is 0.891. The molecule has 0 aliphatic carbocycles. The maximum Gasteiger partial charge on any atom is 0.0794 e. The minimum atomic E-state index is 0.891. The number of hydrogen-bond acceptors (Lipinski definition) is 3. The van der Waals surface area contributed by atoms with Crippen molar-refractivity contribution in [3.05, 3.63) is 16.6 Å². The number of nitrogens with one attached hydrogen (secondary N) is 1. The Morgan fingerprint density at radius 1 is 1.54 bits per heavy atom. The SMILES string of the molecule is C#CCCCCNCc1cncs1. The quantitative estimate of drug-likeness (QED) is 0.553. The summed E-state index contributed by atoms with van der Waals surface area (Å²) in [6.45, 7) is 1.97. The maximum atomic E-state index is 5.14. The summed E-state index contributed by atoms with van der Waals surface area (Å²) in [6.07, 6.45) is 10.2. The van der Waals surface area contributed by atoms with Crippen LogP contribution in [0.25, 0.3) is 0 Å². The average molecular weight is 194 g/mol. The molecule has 2 nitrogen and oxygen atoms in total. The van der Waals surface area contributed by atoms with E-state index in [4.69, 9.17) is 6.42 Å². The Morgan fingerprint density at radius 2 is 2.46 bits per heavy atom. The second-order valence-electron chi connectivity index (χ2n) is 2.81. The van der Waals surface area contributed by atoms with Crippen LogP contribution in [-0.4, -0.2) is 11.5 Å². The van der Waals surface area contributed by atoms with Crippen LogP contribution in [0, 0.1) is 12.3 Å². The number of thiazole rings is 1. The smallest absolute Gasteiger partial charge is 0.0794 e. The van der Waals surface area contributed by atoms with E-state index in [0.29, 0.717) is 0 Å². The number of terminal acetylenes is 1. The highest BCUT2D eigenvalue weighted by atomic mass is 32.1. The summed E-state index contributed by atoms with van der Waals surface area (Å²) in [5.41, 5.74) is 1.86. The summed E-state index contributed by atoms with van der Waals surface area (Å²) in [6, 6.07) is 0. The van der Waals surface area contributed by atoms with Crippen LogP contribution in [0.3, 0.4) is 0 Å². The van der Waals surface area contributed by atoms with Crippen molar-refractivity contribution in [1.82, 2.24) is 10.3 Å². The molecule has 0 amide bonds. The molecule has 0 atom stereocenters. The molecule has 0 radical (unpaired) electrons. The highest BCUT2D eigenvalue weighted by Crippen LogP contribution is 2.04. The standard InChI is InChI=1S/C10H14N2S/c1-2-3-4-5-6-11-7-10-8-12-9-13-10/h1,8-9,11H,3-7H2. The number of unbranched alkanes of at least 4 members (excludes halogenated alkanes) is 2. The summed E-state index contributed by atoms with van der Waals surface area (Å²) in [5.74, 6) is 2.64. The van der Waals surface area contributed by atoms with E-state index in [2.05, 4.69) is 16.2 Å². The molecule has 1 N–H and O–H groups in total. The van der Waals surface area contributed by atoms with E-state index in [1.54, 1.807) is 11.3 Å². The Balaban J connectivity index is 1.94. The normalized spacial score (nSPS) is 9.77. The number of aromatic nitrogens is 1. The molecule has 0 unspecified atom stereocenters. The lowest BCUT2D eigenvalue weighted by Crippen LogP contribution is -2.13. The minimum Gasteiger partial charge on any atom is -0.312 e. The van der Waals surface area contributed by atoms with Crippen molar-refractivity contribution in [2.45, 2.75) is 25.8 Å². The highest BCUT2D eigenvalue weighted by Gasteiger charge is 1.92. The molecule has 1 aromatic heterocycles. The van der Waals surface area contributed by atoms with E-state index in [0.717, 1.165) is 32.4 Å². The van der Waals surface area contributed by atoms with Crippen molar-refractivity contribution in [3.8, 4) is 12.3 Å². The van der Waals surface area contributed by atoms with E-state index in [1.807, 2.05) is 11.7 Å². The number of hydrogen-bond donors (Lipinski definition) is 1. The van der Waals surface area contributed by atoms with Crippen LogP contribution >= 0.6 is 11.3 Å². The summed E-state index contributed by atoms with van der Waals surface area (Å²) in [7, 11) is 0. The van der Waals surface area contributed by atoms with Gasteiger partial charge in [0.15, 0.2) is 0 Å². The fourth-order valence-corrected chi connectivity index (χ4v) is 1.58. The van der Waals surface area contributed by atoms with Crippen molar-refractivity contribution in [2.24, 2.45) is 0 Å². The van der Waals surface area contributed by atoms with Gasteiger partial charge in [0.2, 0.25) is 0 Å². The molecule has 1 heterocycles. The average Bonchev–Trinajstić information content (AvgIpc) is 2.63. The third-order valence-corrected chi connectivity index (χ3v) is 2.49. The zero-order valence-electron chi connectivity index (χ0n) is 7.62. The third-order valence-electron chi connectivity index (χ3n) is 1.71. The molecule has 70 valence electrons. The maximum absolute atomic E-state index is 5.14. The first-order valence-electron chi connectivity index (χ1n) is 4.45. The van der Waals surface area contributed by atoms with Crippen LogP contribution in [0.5, 0.6) is 0 Å². The Bertz CT molecular complexity index is 248. The van der Waals surface area contributed by atoms with Gasteiger partial charge in [-0.3, -0.25) is 4.98 Å². The molecule has 0 bridgehead atoms. The third kappa shape index (κ3) is 4.66. The molecule has 0 aliphatic rings. The van der Waals surface area contributed by atoms with Gasteiger partial charge in [-0.2, -0.15) is 0 Å². The predicted octanol–water partition coefficient (Wildman–Crippen LogP) is 2.04. The molecular formula is C10H14N2S. The van der Waals surface area contributed by atoms with E-state index in [9.17, 15) is 0 Å². The molecule has 13 heavy (non-hydrogen) atoms. The topological polar surface area (TPSA) is 24.9 Å². The van der Waals surface area contributed by atoms with Crippen molar-refractivity contribution in [3.63, 3.8) is 0 Å². The lowest BCUT2D eigenvalue weighted by atomic mass is 10.2. The van der Waals surface area contributed by atoms with Crippen LogP contribution in [0.4, 0.5) is 0 Å².